The Kier molecular flexibility index (Phi) is 11.9. The molecule has 0 aromatic rings. The highest BCUT2D eigenvalue weighted by molar-refractivity contribution is 7.80. The van der Waals surface area contributed by atoms with E-state index in [2.05, 4.69) is 23.3 Å². The van der Waals surface area contributed by atoms with Crippen LogP contribution in [0.15, 0.2) is 12.2 Å². The molecule has 0 fully saturated rings. The highest BCUT2D eigenvalue weighted by Crippen LogP contribution is 2.01. The average molecular weight is 432 g/mol. The summed E-state index contributed by atoms with van der Waals surface area (Å²) in [7, 11) is 0. The quantitative estimate of drug-likeness (QED) is 0.163. The van der Waals surface area contributed by atoms with Gasteiger partial charge in [0.05, 0.1) is 0 Å². The number of rotatable bonds is 10. The maximum absolute atomic E-state index is 11.5. The molecule has 1 unspecified atom stereocenters. The van der Waals surface area contributed by atoms with Gasteiger partial charge in [-0.15, -0.1) is 0 Å². The third-order valence-electron chi connectivity index (χ3n) is 3.46. The first kappa shape index (κ1) is 26.1. The predicted molar refractivity (Wildman–Crippen MR) is 103 cm³/mol. The first-order valence-corrected chi connectivity index (χ1v) is 9.08. The first-order chi connectivity index (χ1) is 13.5. The van der Waals surface area contributed by atoms with Crippen molar-refractivity contribution >= 4 is 48.2 Å². The zero-order valence-corrected chi connectivity index (χ0v) is 16.6. The van der Waals surface area contributed by atoms with Crippen molar-refractivity contribution in [1.82, 2.24) is 15.5 Å². The number of nitrogens with one attached hydrogen (secondary N) is 2. The Morgan fingerprint density at radius 2 is 1.72 bits per heavy atom. The molecule has 0 spiro atoms. The summed E-state index contributed by atoms with van der Waals surface area (Å²) in [6.45, 7) is 1.66. The molecule has 0 saturated heterocycles. The van der Waals surface area contributed by atoms with Crippen LogP contribution >= 0.6 is 12.6 Å². The molecule has 1 rings (SSSR count). The van der Waals surface area contributed by atoms with Crippen molar-refractivity contribution in [2.45, 2.75) is 31.8 Å². The molecule has 0 aromatic carbocycles. The first-order valence-electron chi connectivity index (χ1n) is 8.45. The number of hydrogen-bond acceptors (Lipinski definition) is 8. The molecule has 0 aromatic heterocycles. The van der Waals surface area contributed by atoms with Crippen LogP contribution < -0.4 is 16.4 Å². The highest BCUT2D eigenvalue weighted by Gasteiger charge is 2.21. The van der Waals surface area contributed by atoms with Gasteiger partial charge in [-0.25, -0.2) is 0 Å². The topological polar surface area (TPSA) is 196 Å². The van der Waals surface area contributed by atoms with E-state index in [9.17, 15) is 28.8 Å². The van der Waals surface area contributed by atoms with Gasteiger partial charge in [-0.2, -0.15) is 12.6 Å². The van der Waals surface area contributed by atoms with Crippen LogP contribution in [0.3, 0.4) is 0 Å². The molecule has 29 heavy (non-hydrogen) atoms. The summed E-state index contributed by atoms with van der Waals surface area (Å²) in [5.74, 6) is -4.12. The Balaban J connectivity index is 0.000000717. The van der Waals surface area contributed by atoms with E-state index in [1.807, 2.05) is 0 Å². The van der Waals surface area contributed by atoms with Gasteiger partial charge in [-0.05, 0) is 13.3 Å². The summed E-state index contributed by atoms with van der Waals surface area (Å²) >= 11 is 3.87. The van der Waals surface area contributed by atoms with Crippen molar-refractivity contribution in [1.29, 1.82) is 0 Å². The number of aliphatic carboxylic acids is 2. The summed E-state index contributed by atoms with van der Waals surface area (Å²) in [6.07, 6.45) is 2.33. The molecule has 13 heteroatoms. The van der Waals surface area contributed by atoms with Crippen molar-refractivity contribution < 1.29 is 39.0 Å². The number of imide groups is 1. The van der Waals surface area contributed by atoms with E-state index in [0.29, 0.717) is 6.54 Å². The lowest BCUT2D eigenvalue weighted by Gasteiger charge is -2.16. The Labute approximate surface area is 171 Å². The van der Waals surface area contributed by atoms with E-state index in [1.165, 1.54) is 17.1 Å². The molecule has 2 atom stereocenters. The predicted octanol–water partition coefficient (Wildman–Crippen LogP) is -2.27. The Morgan fingerprint density at radius 3 is 2.10 bits per heavy atom. The van der Waals surface area contributed by atoms with Crippen molar-refractivity contribution in [3.05, 3.63) is 12.2 Å². The minimum Gasteiger partial charge on any atom is -0.480 e. The second-order valence-corrected chi connectivity index (χ2v) is 6.02. The molecule has 0 bridgehead atoms. The zero-order chi connectivity index (χ0) is 22.6. The molecule has 4 amide bonds. The molecule has 12 nitrogen and oxygen atoms in total. The Hall–Kier alpha value is -2.93. The molecule has 1 aliphatic heterocycles. The lowest BCUT2D eigenvalue weighted by Crippen LogP contribution is -2.49. The van der Waals surface area contributed by atoms with Gasteiger partial charge in [-0.1, -0.05) is 0 Å². The van der Waals surface area contributed by atoms with Crippen LogP contribution in [-0.4, -0.2) is 81.6 Å². The van der Waals surface area contributed by atoms with Crippen LogP contribution in [0.1, 0.15) is 19.8 Å². The van der Waals surface area contributed by atoms with E-state index in [1.54, 1.807) is 6.92 Å². The SMILES string of the molecule is CCN1C(=O)C=CC1=O.NC(CCC(=O)N[C@H](CS)C(=O)NCC(=O)O)C(=O)O. The molecular weight excluding hydrogens is 408 g/mol. The Morgan fingerprint density at radius 1 is 1.17 bits per heavy atom. The van der Waals surface area contributed by atoms with Gasteiger partial charge >= 0.3 is 11.9 Å². The van der Waals surface area contributed by atoms with Crippen molar-refractivity contribution in [2.75, 3.05) is 18.8 Å². The van der Waals surface area contributed by atoms with Gasteiger partial charge in [-0.3, -0.25) is 33.7 Å². The molecule has 1 heterocycles. The number of nitrogens with two attached hydrogens (primary N) is 1. The summed E-state index contributed by atoms with van der Waals surface area (Å²) < 4.78 is 0. The molecule has 0 saturated carbocycles. The fraction of sp³-hybridized carbons (Fsp3) is 0.500. The molecule has 6 N–H and O–H groups in total. The molecule has 162 valence electrons. The fourth-order valence-electron chi connectivity index (χ4n) is 1.90. The number of nitrogens with zero attached hydrogens (tertiary/aromatic N) is 1. The normalized spacial score (nSPS) is 14.5. The number of hydrogen-bond donors (Lipinski definition) is 6. The van der Waals surface area contributed by atoms with Crippen LogP contribution in [0, 0.1) is 0 Å². The summed E-state index contributed by atoms with van der Waals surface area (Å²) in [6, 6.07) is -2.15. The minimum atomic E-state index is -1.22. The van der Waals surface area contributed by atoms with Crippen LogP contribution in [0.4, 0.5) is 0 Å². The summed E-state index contributed by atoms with van der Waals surface area (Å²) in [4.78, 5) is 66.2. The van der Waals surface area contributed by atoms with Crippen molar-refractivity contribution in [2.24, 2.45) is 5.73 Å². The second-order valence-electron chi connectivity index (χ2n) is 5.65. The van der Waals surface area contributed by atoms with Gasteiger partial charge in [0.25, 0.3) is 11.8 Å². The number of likely N-dealkylation sites (N-methyl/N-ethyl adjacent to an activating group) is 1. The number of amides is 4. The number of carboxylic acid groups (broad SMARTS) is 2. The fourth-order valence-corrected chi connectivity index (χ4v) is 2.16. The molecule has 1 aliphatic rings. The maximum atomic E-state index is 11.5. The van der Waals surface area contributed by atoms with Crippen molar-refractivity contribution in [3.8, 4) is 0 Å². The highest BCUT2D eigenvalue weighted by atomic mass is 32.1. The van der Waals surface area contributed by atoms with Gasteiger partial charge in [0.1, 0.15) is 18.6 Å². The minimum absolute atomic E-state index is 0.0256. The van der Waals surface area contributed by atoms with E-state index in [0.717, 1.165) is 0 Å². The van der Waals surface area contributed by atoms with Crippen LogP contribution in [-0.2, 0) is 28.8 Å². The van der Waals surface area contributed by atoms with E-state index < -0.39 is 42.4 Å². The summed E-state index contributed by atoms with van der Waals surface area (Å²) in [5, 5.41) is 21.4. The maximum Gasteiger partial charge on any atom is 0.322 e. The van der Waals surface area contributed by atoms with Gasteiger partial charge in [0, 0.05) is 30.9 Å². The number of carbonyl (C=O) groups excluding carboxylic acids is 4. The third-order valence-corrected chi connectivity index (χ3v) is 3.83. The van der Waals surface area contributed by atoms with Gasteiger partial charge in [0.15, 0.2) is 0 Å². The standard InChI is InChI=1S/C10H17N3O6S.C6H7NO2/c11-5(10(18)19)1-2-7(14)13-6(4-20)9(17)12-3-8(15)16;1-2-7-5(8)3-4-6(7)9/h5-6,20H,1-4,11H2,(H,12,17)(H,13,14)(H,15,16)(H,18,19);3-4H,2H2,1H3/t5?,6-;/m1./s1. The van der Waals surface area contributed by atoms with E-state index >= 15 is 0 Å². The van der Waals surface area contributed by atoms with Crippen LogP contribution in [0.25, 0.3) is 0 Å². The average Bonchev–Trinajstić information content (AvgIpc) is 2.99. The van der Waals surface area contributed by atoms with E-state index in [4.69, 9.17) is 15.9 Å². The van der Waals surface area contributed by atoms with Crippen LogP contribution in [0.2, 0.25) is 0 Å². The smallest absolute Gasteiger partial charge is 0.322 e. The van der Waals surface area contributed by atoms with Gasteiger partial charge < -0.3 is 26.6 Å². The number of carbonyl (C=O) groups is 6. The lowest BCUT2D eigenvalue weighted by molar-refractivity contribution is -0.139. The van der Waals surface area contributed by atoms with Crippen molar-refractivity contribution in [3.63, 3.8) is 0 Å². The molecular formula is C16H24N4O8S. The van der Waals surface area contributed by atoms with E-state index in [-0.39, 0.29) is 30.4 Å². The molecule has 0 aliphatic carbocycles. The molecule has 0 radical (unpaired) electrons. The number of thiol groups is 1. The monoisotopic (exact) mass is 432 g/mol. The lowest BCUT2D eigenvalue weighted by atomic mass is 10.1. The zero-order valence-electron chi connectivity index (χ0n) is 15.7. The summed E-state index contributed by atoms with van der Waals surface area (Å²) in [5.41, 5.74) is 5.23. The number of carboxylic acids is 2. The third kappa shape index (κ3) is 10.3. The largest absolute Gasteiger partial charge is 0.480 e. The van der Waals surface area contributed by atoms with Crippen LogP contribution in [0.5, 0.6) is 0 Å². The van der Waals surface area contributed by atoms with Gasteiger partial charge in [0.2, 0.25) is 11.8 Å². The Bertz CT molecular complexity index is 664. The second kappa shape index (κ2) is 13.3.